The Bertz CT molecular complexity index is 503. The van der Waals surface area contributed by atoms with Crippen molar-refractivity contribution in [3.63, 3.8) is 0 Å². The van der Waals surface area contributed by atoms with Gasteiger partial charge in [0.15, 0.2) is 0 Å². The summed E-state index contributed by atoms with van der Waals surface area (Å²) in [7, 11) is -1.74. The number of hydrogen-bond donors (Lipinski definition) is 2. The molecule has 0 aliphatic heterocycles. The molecule has 0 aliphatic rings. The van der Waals surface area contributed by atoms with E-state index in [2.05, 4.69) is 28.9 Å². The predicted molar refractivity (Wildman–Crippen MR) is 82.3 cm³/mol. The normalized spacial score (nSPS) is 13.2. The van der Waals surface area contributed by atoms with Gasteiger partial charge in [0.05, 0.1) is 4.90 Å². The number of nitrogens with one attached hydrogen (secondary N) is 2. The summed E-state index contributed by atoms with van der Waals surface area (Å²) >= 11 is 0. The minimum Gasteiger partial charge on any atom is -0.373 e. The average Bonchev–Trinajstić information content (AvgIpc) is 2.47. The smallest absolute Gasteiger partial charge is 0.240 e. The van der Waals surface area contributed by atoms with Crippen LogP contribution in [0.5, 0.6) is 0 Å². The standard InChI is InChI=1S/C14H25N3O2S/c1-4-6-7-12(5-2)11-17-20(18,19)13-8-9-16-14(10-13)15-3/h8-10,12,17H,4-7,11H2,1-3H3,(H,15,16). The molecule has 0 bridgehead atoms. The van der Waals surface area contributed by atoms with Crippen LogP contribution in [-0.4, -0.2) is 27.0 Å². The van der Waals surface area contributed by atoms with Crippen molar-refractivity contribution >= 4 is 15.8 Å². The van der Waals surface area contributed by atoms with Gasteiger partial charge in [0, 0.05) is 25.9 Å². The van der Waals surface area contributed by atoms with E-state index in [1.54, 1.807) is 7.05 Å². The van der Waals surface area contributed by atoms with Crippen molar-refractivity contribution in [1.29, 1.82) is 0 Å². The molecule has 1 unspecified atom stereocenters. The molecule has 0 fully saturated rings. The summed E-state index contributed by atoms with van der Waals surface area (Å²) in [5.74, 6) is 0.946. The Hall–Kier alpha value is -1.14. The molecule has 0 aliphatic carbocycles. The molecular formula is C14H25N3O2S. The van der Waals surface area contributed by atoms with E-state index in [4.69, 9.17) is 0 Å². The lowest BCUT2D eigenvalue weighted by Gasteiger charge is -2.15. The first-order valence-electron chi connectivity index (χ1n) is 7.17. The van der Waals surface area contributed by atoms with Crippen molar-refractivity contribution in [2.45, 2.75) is 44.4 Å². The number of sulfonamides is 1. The lowest BCUT2D eigenvalue weighted by molar-refractivity contribution is 0.443. The first-order valence-corrected chi connectivity index (χ1v) is 8.65. The van der Waals surface area contributed by atoms with Crippen molar-refractivity contribution < 1.29 is 8.42 Å². The molecule has 1 rings (SSSR count). The van der Waals surface area contributed by atoms with E-state index in [1.165, 1.54) is 18.3 Å². The van der Waals surface area contributed by atoms with E-state index in [1.807, 2.05) is 0 Å². The highest BCUT2D eigenvalue weighted by Gasteiger charge is 2.16. The van der Waals surface area contributed by atoms with Crippen molar-refractivity contribution in [1.82, 2.24) is 9.71 Å². The molecule has 0 amide bonds. The maximum absolute atomic E-state index is 12.2. The maximum atomic E-state index is 12.2. The minimum atomic E-state index is -3.45. The molecule has 6 heteroatoms. The molecule has 0 radical (unpaired) electrons. The molecule has 0 saturated carbocycles. The topological polar surface area (TPSA) is 71.1 Å². The predicted octanol–water partition coefficient (Wildman–Crippen LogP) is 2.62. The molecule has 0 aromatic carbocycles. The molecule has 0 spiro atoms. The number of hydrogen-bond acceptors (Lipinski definition) is 4. The van der Waals surface area contributed by atoms with Crippen LogP contribution in [0.3, 0.4) is 0 Å². The van der Waals surface area contributed by atoms with Gasteiger partial charge in [-0.05, 0) is 18.4 Å². The van der Waals surface area contributed by atoms with Gasteiger partial charge in [0.2, 0.25) is 10.0 Å². The van der Waals surface area contributed by atoms with Gasteiger partial charge in [-0.2, -0.15) is 0 Å². The Balaban J connectivity index is 2.68. The third kappa shape index (κ3) is 5.09. The van der Waals surface area contributed by atoms with Crippen molar-refractivity contribution in [2.75, 3.05) is 18.9 Å². The van der Waals surface area contributed by atoms with E-state index < -0.39 is 10.0 Å². The highest BCUT2D eigenvalue weighted by molar-refractivity contribution is 7.89. The van der Waals surface area contributed by atoms with Gasteiger partial charge < -0.3 is 5.32 Å². The van der Waals surface area contributed by atoms with Gasteiger partial charge in [-0.3, -0.25) is 0 Å². The number of rotatable bonds is 9. The molecule has 20 heavy (non-hydrogen) atoms. The van der Waals surface area contributed by atoms with Crippen LogP contribution in [0, 0.1) is 5.92 Å². The summed E-state index contributed by atoms with van der Waals surface area (Å²) in [6, 6.07) is 3.05. The molecule has 1 heterocycles. The van der Waals surface area contributed by atoms with Crippen molar-refractivity contribution in [3.05, 3.63) is 18.3 Å². The maximum Gasteiger partial charge on any atom is 0.240 e. The highest BCUT2D eigenvalue weighted by atomic mass is 32.2. The van der Waals surface area contributed by atoms with E-state index in [-0.39, 0.29) is 4.90 Å². The van der Waals surface area contributed by atoms with Crippen molar-refractivity contribution in [2.24, 2.45) is 5.92 Å². The number of unbranched alkanes of at least 4 members (excludes halogenated alkanes) is 1. The van der Waals surface area contributed by atoms with Crippen LogP contribution in [0.4, 0.5) is 5.82 Å². The fraction of sp³-hybridized carbons (Fsp3) is 0.643. The zero-order valence-corrected chi connectivity index (χ0v) is 13.3. The Morgan fingerprint density at radius 2 is 2.10 bits per heavy atom. The first-order chi connectivity index (χ1) is 9.53. The average molecular weight is 299 g/mol. The third-order valence-electron chi connectivity index (χ3n) is 3.40. The molecule has 1 atom stereocenters. The van der Waals surface area contributed by atoms with Crippen LogP contribution in [-0.2, 0) is 10.0 Å². The zero-order valence-electron chi connectivity index (χ0n) is 12.5. The lowest BCUT2D eigenvalue weighted by Crippen LogP contribution is -2.29. The fourth-order valence-corrected chi connectivity index (χ4v) is 3.10. The quantitative estimate of drug-likeness (QED) is 0.735. The van der Waals surface area contributed by atoms with Gasteiger partial charge >= 0.3 is 0 Å². The van der Waals surface area contributed by atoms with E-state index in [0.29, 0.717) is 18.3 Å². The largest absolute Gasteiger partial charge is 0.373 e. The second-order valence-electron chi connectivity index (χ2n) is 4.90. The fourth-order valence-electron chi connectivity index (χ4n) is 1.97. The van der Waals surface area contributed by atoms with Gasteiger partial charge in [-0.25, -0.2) is 18.1 Å². The summed E-state index contributed by atoms with van der Waals surface area (Å²) in [6.07, 6.45) is 5.82. The van der Waals surface area contributed by atoms with Crippen LogP contribution in [0.1, 0.15) is 39.5 Å². The third-order valence-corrected chi connectivity index (χ3v) is 4.82. The SMILES string of the molecule is CCCCC(CC)CNS(=O)(=O)c1ccnc(NC)c1. The molecule has 2 N–H and O–H groups in total. The minimum absolute atomic E-state index is 0.252. The van der Waals surface area contributed by atoms with Crippen LogP contribution in [0.2, 0.25) is 0 Å². The summed E-state index contributed by atoms with van der Waals surface area (Å²) in [5, 5.41) is 2.84. The zero-order chi connectivity index (χ0) is 15.0. The summed E-state index contributed by atoms with van der Waals surface area (Å²) < 4.78 is 27.2. The summed E-state index contributed by atoms with van der Waals surface area (Å²) in [4.78, 5) is 4.27. The van der Waals surface area contributed by atoms with Gasteiger partial charge in [0.25, 0.3) is 0 Å². The molecule has 1 aromatic heterocycles. The number of aromatic nitrogens is 1. The number of anilines is 1. The van der Waals surface area contributed by atoms with Gasteiger partial charge in [-0.1, -0.05) is 33.1 Å². The number of nitrogens with zero attached hydrogens (tertiary/aromatic N) is 1. The Morgan fingerprint density at radius 1 is 1.35 bits per heavy atom. The molecule has 114 valence electrons. The van der Waals surface area contributed by atoms with E-state index in [9.17, 15) is 8.42 Å². The molecular weight excluding hydrogens is 274 g/mol. The molecule has 0 saturated heterocycles. The van der Waals surface area contributed by atoms with E-state index >= 15 is 0 Å². The van der Waals surface area contributed by atoms with Gasteiger partial charge in [-0.15, -0.1) is 0 Å². The second kappa shape index (κ2) is 8.21. The van der Waals surface area contributed by atoms with Crippen LogP contribution in [0.25, 0.3) is 0 Å². The Morgan fingerprint density at radius 3 is 2.70 bits per heavy atom. The highest BCUT2D eigenvalue weighted by Crippen LogP contribution is 2.15. The van der Waals surface area contributed by atoms with Crippen molar-refractivity contribution in [3.8, 4) is 0 Å². The Labute approximate surface area is 122 Å². The first kappa shape index (κ1) is 16.9. The molecule has 5 nitrogen and oxygen atoms in total. The van der Waals surface area contributed by atoms with Crippen LogP contribution < -0.4 is 10.0 Å². The summed E-state index contributed by atoms with van der Waals surface area (Å²) in [5.41, 5.74) is 0. The van der Waals surface area contributed by atoms with Crippen LogP contribution >= 0.6 is 0 Å². The number of pyridine rings is 1. The van der Waals surface area contributed by atoms with Crippen LogP contribution in [0.15, 0.2) is 23.2 Å². The molecule has 1 aromatic rings. The summed E-state index contributed by atoms with van der Waals surface area (Å²) in [6.45, 7) is 4.74. The van der Waals surface area contributed by atoms with Gasteiger partial charge in [0.1, 0.15) is 5.82 Å². The second-order valence-corrected chi connectivity index (χ2v) is 6.66. The monoisotopic (exact) mass is 299 g/mol. The van der Waals surface area contributed by atoms with E-state index in [0.717, 1.165) is 25.7 Å². The lowest BCUT2D eigenvalue weighted by atomic mass is 10.00. The Kier molecular flexibility index (Phi) is 6.95.